The van der Waals surface area contributed by atoms with Crippen molar-refractivity contribution in [2.75, 3.05) is 5.32 Å². The van der Waals surface area contributed by atoms with Crippen LogP contribution in [0.15, 0.2) is 30.6 Å². The van der Waals surface area contributed by atoms with Crippen LogP contribution in [0.4, 0.5) is 5.13 Å². The van der Waals surface area contributed by atoms with E-state index in [0.717, 1.165) is 10.6 Å². The second-order valence-corrected chi connectivity index (χ2v) is 4.41. The highest BCUT2D eigenvalue weighted by atomic mass is 32.1. The van der Waals surface area contributed by atoms with Crippen LogP contribution in [0.3, 0.4) is 0 Å². The number of pyridine rings is 1. The van der Waals surface area contributed by atoms with Crippen LogP contribution in [-0.4, -0.2) is 21.1 Å². The van der Waals surface area contributed by atoms with Gasteiger partial charge in [0.25, 0.3) is 0 Å². The summed E-state index contributed by atoms with van der Waals surface area (Å²) < 4.78 is 0. The molecule has 2 heterocycles. The highest BCUT2D eigenvalue weighted by Crippen LogP contribution is 2.13. The molecule has 0 aliphatic carbocycles. The number of carbonyl (C=O) groups is 1. The van der Waals surface area contributed by atoms with Crippen molar-refractivity contribution in [3.63, 3.8) is 0 Å². The zero-order valence-electron chi connectivity index (χ0n) is 9.12. The van der Waals surface area contributed by atoms with Crippen molar-refractivity contribution in [3.05, 3.63) is 41.2 Å². The van der Waals surface area contributed by atoms with E-state index in [2.05, 4.69) is 20.5 Å². The Kier molecular flexibility index (Phi) is 3.56. The van der Waals surface area contributed by atoms with Gasteiger partial charge in [0.05, 0.1) is 0 Å². The molecule has 1 amide bonds. The van der Waals surface area contributed by atoms with Crippen LogP contribution in [0.2, 0.25) is 0 Å². The maximum Gasteiger partial charge on any atom is 0.250 e. The molecule has 2 aromatic heterocycles. The van der Waals surface area contributed by atoms with Gasteiger partial charge in [0, 0.05) is 18.5 Å². The third-order valence-corrected chi connectivity index (χ3v) is 2.64. The number of anilines is 1. The molecular weight excluding hydrogens is 236 g/mol. The lowest BCUT2D eigenvalue weighted by molar-refractivity contribution is -0.111. The van der Waals surface area contributed by atoms with Crippen LogP contribution >= 0.6 is 11.3 Å². The number of nitrogens with zero attached hydrogens (tertiary/aromatic N) is 3. The van der Waals surface area contributed by atoms with E-state index < -0.39 is 0 Å². The van der Waals surface area contributed by atoms with Crippen molar-refractivity contribution in [2.24, 2.45) is 0 Å². The maximum atomic E-state index is 11.5. The molecule has 0 unspecified atom stereocenters. The molecule has 0 bridgehead atoms. The molecule has 0 saturated carbocycles. The van der Waals surface area contributed by atoms with E-state index in [-0.39, 0.29) is 5.91 Å². The Labute approximate surface area is 102 Å². The first kappa shape index (κ1) is 11.4. The molecule has 0 fully saturated rings. The molecule has 0 atom stereocenters. The number of aryl methyl sites for hydroxylation is 1. The number of amides is 1. The standard InChI is InChI=1S/C11H10N4OS/c1-8-14-15-11(17-8)13-10(16)3-2-9-4-6-12-7-5-9/h2-7H,1H3,(H,13,15,16)/b3-2+. The summed E-state index contributed by atoms with van der Waals surface area (Å²) in [5, 5.41) is 11.6. The number of aromatic nitrogens is 3. The average Bonchev–Trinajstić information content (AvgIpc) is 2.73. The molecule has 86 valence electrons. The molecule has 5 nitrogen and oxygen atoms in total. The minimum atomic E-state index is -0.224. The van der Waals surface area contributed by atoms with Gasteiger partial charge in [0.15, 0.2) is 0 Å². The molecule has 0 spiro atoms. The lowest BCUT2D eigenvalue weighted by atomic mass is 10.2. The fraction of sp³-hybridized carbons (Fsp3) is 0.0909. The molecule has 0 aliphatic rings. The summed E-state index contributed by atoms with van der Waals surface area (Å²) in [6.45, 7) is 1.83. The summed E-state index contributed by atoms with van der Waals surface area (Å²) in [6.07, 6.45) is 6.51. The first-order chi connectivity index (χ1) is 8.24. The predicted octanol–water partition coefficient (Wildman–Crippen LogP) is 1.89. The Hall–Kier alpha value is -2.08. The number of hydrogen-bond donors (Lipinski definition) is 1. The summed E-state index contributed by atoms with van der Waals surface area (Å²) in [5.74, 6) is -0.224. The molecule has 6 heteroatoms. The molecule has 2 aromatic rings. The van der Waals surface area contributed by atoms with Gasteiger partial charge in [-0.2, -0.15) is 0 Å². The number of carbonyl (C=O) groups excluding carboxylic acids is 1. The SMILES string of the molecule is Cc1nnc(NC(=O)/C=C/c2ccncc2)s1. The van der Waals surface area contributed by atoms with Gasteiger partial charge in [0.2, 0.25) is 11.0 Å². The summed E-state index contributed by atoms with van der Waals surface area (Å²) in [5.41, 5.74) is 0.920. The summed E-state index contributed by atoms with van der Waals surface area (Å²) >= 11 is 1.34. The van der Waals surface area contributed by atoms with Crippen molar-refractivity contribution in [1.29, 1.82) is 0 Å². The second kappa shape index (κ2) is 5.31. The van der Waals surface area contributed by atoms with Gasteiger partial charge < -0.3 is 0 Å². The summed E-state index contributed by atoms with van der Waals surface area (Å²) in [6, 6.07) is 3.64. The highest BCUT2D eigenvalue weighted by Gasteiger charge is 2.02. The van der Waals surface area contributed by atoms with Gasteiger partial charge in [-0.05, 0) is 30.7 Å². The lowest BCUT2D eigenvalue weighted by Crippen LogP contribution is -2.07. The van der Waals surface area contributed by atoms with Crippen LogP contribution in [-0.2, 0) is 4.79 Å². The maximum absolute atomic E-state index is 11.5. The summed E-state index contributed by atoms with van der Waals surface area (Å²) in [4.78, 5) is 15.4. The zero-order valence-corrected chi connectivity index (χ0v) is 9.94. The van der Waals surface area contributed by atoms with Gasteiger partial charge in [-0.15, -0.1) is 10.2 Å². The van der Waals surface area contributed by atoms with E-state index in [0.29, 0.717) is 5.13 Å². The third-order valence-electron chi connectivity index (χ3n) is 1.89. The van der Waals surface area contributed by atoms with Gasteiger partial charge in [-0.1, -0.05) is 11.3 Å². The van der Waals surface area contributed by atoms with Gasteiger partial charge >= 0.3 is 0 Å². The summed E-state index contributed by atoms with van der Waals surface area (Å²) in [7, 11) is 0. The normalized spacial score (nSPS) is 10.6. The molecule has 0 aromatic carbocycles. The van der Waals surface area contributed by atoms with Gasteiger partial charge in [-0.25, -0.2) is 0 Å². The number of hydrogen-bond acceptors (Lipinski definition) is 5. The first-order valence-electron chi connectivity index (χ1n) is 4.93. The minimum Gasteiger partial charge on any atom is -0.297 e. The Balaban J connectivity index is 1.96. The fourth-order valence-electron chi connectivity index (χ4n) is 1.14. The van der Waals surface area contributed by atoms with Crippen LogP contribution in [0.25, 0.3) is 6.08 Å². The van der Waals surface area contributed by atoms with Crippen LogP contribution in [0.5, 0.6) is 0 Å². The largest absolute Gasteiger partial charge is 0.297 e. The molecule has 1 N–H and O–H groups in total. The van der Waals surface area contributed by atoms with E-state index >= 15 is 0 Å². The number of rotatable bonds is 3. The topological polar surface area (TPSA) is 67.8 Å². The van der Waals surface area contributed by atoms with E-state index in [1.165, 1.54) is 17.4 Å². The van der Waals surface area contributed by atoms with Crippen LogP contribution in [0.1, 0.15) is 10.6 Å². The Bertz CT molecular complexity index is 535. The molecule has 2 rings (SSSR count). The van der Waals surface area contributed by atoms with Crippen molar-refractivity contribution in [2.45, 2.75) is 6.92 Å². The molecular formula is C11H10N4OS. The van der Waals surface area contributed by atoms with E-state index in [9.17, 15) is 4.79 Å². The fourth-order valence-corrected chi connectivity index (χ4v) is 1.74. The van der Waals surface area contributed by atoms with Crippen molar-refractivity contribution >= 4 is 28.5 Å². The molecule has 0 radical (unpaired) electrons. The Morgan fingerprint density at radius 3 is 2.76 bits per heavy atom. The second-order valence-electron chi connectivity index (χ2n) is 3.23. The third kappa shape index (κ3) is 3.46. The van der Waals surface area contributed by atoms with Crippen molar-refractivity contribution in [3.8, 4) is 0 Å². The van der Waals surface area contributed by atoms with E-state index in [1.807, 2.05) is 19.1 Å². The smallest absolute Gasteiger partial charge is 0.250 e. The predicted molar refractivity (Wildman–Crippen MR) is 66.5 cm³/mol. The highest BCUT2D eigenvalue weighted by molar-refractivity contribution is 7.15. The Morgan fingerprint density at radius 2 is 2.12 bits per heavy atom. The van der Waals surface area contributed by atoms with Crippen molar-refractivity contribution in [1.82, 2.24) is 15.2 Å². The lowest BCUT2D eigenvalue weighted by Gasteiger charge is -1.94. The Morgan fingerprint density at radius 1 is 1.35 bits per heavy atom. The quantitative estimate of drug-likeness (QED) is 0.840. The van der Waals surface area contributed by atoms with Crippen LogP contribution < -0.4 is 5.32 Å². The van der Waals surface area contributed by atoms with Gasteiger partial charge in [-0.3, -0.25) is 15.1 Å². The van der Waals surface area contributed by atoms with E-state index in [1.54, 1.807) is 18.5 Å². The van der Waals surface area contributed by atoms with Gasteiger partial charge in [0.1, 0.15) is 5.01 Å². The zero-order chi connectivity index (χ0) is 12.1. The van der Waals surface area contributed by atoms with Crippen LogP contribution in [0, 0.1) is 6.92 Å². The minimum absolute atomic E-state index is 0.224. The molecule has 0 aliphatic heterocycles. The number of nitrogens with one attached hydrogen (secondary N) is 1. The molecule has 17 heavy (non-hydrogen) atoms. The average molecular weight is 246 g/mol. The molecule has 0 saturated heterocycles. The van der Waals surface area contributed by atoms with E-state index in [4.69, 9.17) is 0 Å². The first-order valence-corrected chi connectivity index (χ1v) is 5.75. The monoisotopic (exact) mass is 246 g/mol. The van der Waals surface area contributed by atoms with Crippen molar-refractivity contribution < 1.29 is 4.79 Å².